The predicted molar refractivity (Wildman–Crippen MR) is 194 cm³/mol. The van der Waals surface area contributed by atoms with E-state index in [1.165, 1.54) is 25.7 Å². The van der Waals surface area contributed by atoms with E-state index in [0.29, 0.717) is 65.4 Å². The van der Waals surface area contributed by atoms with Crippen LogP contribution in [0.2, 0.25) is 5.02 Å². The first-order chi connectivity index (χ1) is 21.8. The number of rotatable bonds is 25. The third-order valence-corrected chi connectivity index (χ3v) is 10.3. The van der Waals surface area contributed by atoms with Gasteiger partial charge in [0.25, 0.3) is 0 Å². The molecule has 0 N–H and O–H groups in total. The van der Waals surface area contributed by atoms with Crippen LogP contribution in [0.4, 0.5) is 0 Å². The number of methoxy groups -OCH3 is 1. The number of ether oxygens (including phenoxy) is 4. The molecule has 46 heavy (non-hydrogen) atoms. The molecule has 4 atom stereocenters. The van der Waals surface area contributed by atoms with Crippen molar-refractivity contribution in [2.75, 3.05) is 26.9 Å². The quantitative estimate of drug-likeness (QED) is 0.0785. The van der Waals surface area contributed by atoms with Gasteiger partial charge in [0, 0.05) is 12.1 Å². The van der Waals surface area contributed by atoms with Crippen LogP contribution in [-0.4, -0.2) is 32.5 Å². The van der Waals surface area contributed by atoms with Crippen molar-refractivity contribution in [1.82, 2.24) is 0 Å². The van der Waals surface area contributed by atoms with Gasteiger partial charge in [0.1, 0.15) is 23.0 Å². The Morgan fingerprint density at radius 3 is 1.61 bits per heavy atom. The second kappa shape index (κ2) is 24.7. The number of carbonyl (C=O) groups excluding carboxylic acids is 1. The van der Waals surface area contributed by atoms with Gasteiger partial charge in [-0.25, -0.2) is 0 Å². The van der Waals surface area contributed by atoms with E-state index in [-0.39, 0.29) is 34.4 Å². The largest absolute Gasteiger partial charge is 1.00 e. The Kier molecular flexibility index (Phi) is 22.9. The van der Waals surface area contributed by atoms with Crippen LogP contribution in [0.1, 0.15) is 130 Å². The van der Waals surface area contributed by atoms with Crippen LogP contribution in [0.5, 0.6) is 23.0 Å². The van der Waals surface area contributed by atoms with Gasteiger partial charge in [-0.05, 0) is 57.7 Å². The summed E-state index contributed by atoms with van der Waals surface area (Å²) in [7, 11) is 1.31. The first-order valence-corrected chi connectivity index (χ1v) is 18.9. The SMILES string of the molecule is CCCCC(CC)COc1cc(OCC(CC)CCCC)c(PC(=O)c2c(Cl)cccc2OC)c(OCC(CC)CCCC)c1.[H-].[Li+]. The summed E-state index contributed by atoms with van der Waals surface area (Å²) >= 11 is 6.56. The molecule has 0 aliphatic rings. The van der Waals surface area contributed by atoms with E-state index in [1.54, 1.807) is 25.3 Å². The smallest absolute Gasteiger partial charge is 1.00 e. The fourth-order valence-corrected chi connectivity index (χ4v) is 6.87. The van der Waals surface area contributed by atoms with Crippen LogP contribution in [0.3, 0.4) is 0 Å². The number of halogens is 1. The van der Waals surface area contributed by atoms with Gasteiger partial charge >= 0.3 is 18.9 Å². The minimum Gasteiger partial charge on any atom is -1.00 e. The maximum atomic E-state index is 13.9. The molecule has 2 aromatic rings. The Morgan fingerprint density at radius 1 is 0.739 bits per heavy atom. The molecule has 0 aliphatic carbocycles. The van der Waals surface area contributed by atoms with Crippen molar-refractivity contribution in [1.29, 1.82) is 0 Å². The molecule has 0 saturated heterocycles. The molecule has 0 heterocycles. The first-order valence-electron chi connectivity index (χ1n) is 17.5. The van der Waals surface area contributed by atoms with E-state index in [9.17, 15) is 4.79 Å². The molecule has 0 aromatic heterocycles. The molecule has 256 valence electrons. The molecule has 0 radical (unpaired) electrons. The van der Waals surface area contributed by atoms with Gasteiger partial charge in [-0.3, -0.25) is 4.79 Å². The van der Waals surface area contributed by atoms with Gasteiger partial charge in [0.2, 0.25) is 0 Å². The van der Waals surface area contributed by atoms with Gasteiger partial charge in [0.15, 0.2) is 5.52 Å². The predicted octanol–water partition coefficient (Wildman–Crippen LogP) is 8.39. The Morgan fingerprint density at radius 2 is 1.20 bits per heavy atom. The standard InChI is InChI=1S/C38H60ClO5P.Li.H/c1-8-14-18-28(11-4)25-42-31-23-34(43-26-29(12-5)19-15-9-2)37(35(24-31)44-27-30(13-6)20-16-10-3)45-38(40)36-32(39)21-17-22-33(36)41-7;;/h17,21-24,28-30,45H,8-16,18-20,25-27H2,1-7H3;;/q;+1;-1. The molecule has 2 rings (SSSR count). The zero-order chi connectivity index (χ0) is 33.0. The fraction of sp³-hybridized carbons (Fsp3) is 0.658. The molecule has 0 aliphatic heterocycles. The van der Waals surface area contributed by atoms with Crippen LogP contribution in [0, 0.1) is 17.8 Å². The van der Waals surface area contributed by atoms with E-state index in [2.05, 4.69) is 41.5 Å². The minimum atomic E-state index is -0.256. The minimum absolute atomic E-state index is 0. The van der Waals surface area contributed by atoms with E-state index < -0.39 is 0 Å². The van der Waals surface area contributed by atoms with Crippen LogP contribution in [-0.2, 0) is 0 Å². The van der Waals surface area contributed by atoms with Crippen molar-refractivity contribution in [3.8, 4) is 23.0 Å². The summed E-state index contributed by atoms with van der Waals surface area (Å²) in [6.07, 6.45) is 13.6. The zero-order valence-electron chi connectivity index (χ0n) is 31.1. The molecule has 5 nitrogen and oxygen atoms in total. The van der Waals surface area contributed by atoms with Crippen LogP contribution >= 0.6 is 20.2 Å². The molecule has 0 fully saturated rings. The summed E-state index contributed by atoms with van der Waals surface area (Å²) < 4.78 is 25.2. The number of unbranched alkanes of at least 4 members (excludes halogenated alkanes) is 3. The van der Waals surface area contributed by atoms with Crippen molar-refractivity contribution in [3.05, 3.63) is 40.9 Å². The van der Waals surface area contributed by atoms with Gasteiger partial charge in [-0.2, -0.15) is 0 Å². The maximum absolute atomic E-state index is 13.9. The van der Waals surface area contributed by atoms with E-state index in [1.807, 2.05) is 12.1 Å². The Bertz CT molecular complexity index is 1100. The molecule has 0 spiro atoms. The molecule has 2 aromatic carbocycles. The van der Waals surface area contributed by atoms with Gasteiger partial charge in [-0.1, -0.05) is 117 Å². The number of hydrogen-bond donors (Lipinski definition) is 0. The second-order valence-electron chi connectivity index (χ2n) is 12.2. The number of carbonyl (C=O) groups is 1. The van der Waals surface area contributed by atoms with Crippen molar-refractivity contribution in [2.45, 2.75) is 119 Å². The monoisotopic (exact) mass is 670 g/mol. The zero-order valence-corrected chi connectivity index (χ0v) is 31.9. The summed E-state index contributed by atoms with van der Waals surface area (Å²) in [5.74, 6) is 3.90. The van der Waals surface area contributed by atoms with Crippen LogP contribution < -0.4 is 43.1 Å². The molecule has 0 bridgehead atoms. The summed E-state index contributed by atoms with van der Waals surface area (Å²) in [5.41, 5.74) is 0.283. The van der Waals surface area contributed by atoms with Crippen molar-refractivity contribution in [3.63, 3.8) is 0 Å². The third kappa shape index (κ3) is 14.4. The second-order valence-corrected chi connectivity index (χ2v) is 13.9. The molecule has 0 amide bonds. The van der Waals surface area contributed by atoms with Gasteiger partial charge in [-0.15, -0.1) is 0 Å². The topological polar surface area (TPSA) is 54.0 Å². The van der Waals surface area contributed by atoms with E-state index in [0.717, 1.165) is 62.4 Å². The third-order valence-electron chi connectivity index (χ3n) is 8.76. The molecular formula is C38H61ClLiO5P. The Hall–Kier alpha value is -1.37. The summed E-state index contributed by atoms with van der Waals surface area (Å²) in [6, 6.07) is 9.24. The fourth-order valence-electron chi connectivity index (χ4n) is 5.39. The summed E-state index contributed by atoms with van der Waals surface area (Å²) in [6.45, 7) is 15.2. The van der Waals surface area contributed by atoms with Crippen molar-refractivity contribution in [2.24, 2.45) is 17.8 Å². The Balaban J connectivity index is 0.0000106. The Labute approximate surface area is 301 Å². The summed E-state index contributed by atoms with van der Waals surface area (Å²) in [5, 5.41) is 1.15. The van der Waals surface area contributed by atoms with Gasteiger partial charge < -0.3 is 20.4 Å². The molecular weight excluding hydrogens is 610 g/mol. The average Bonchev–Trinajstić information content (AvgIpc) is 3.05. The van der Waals surface area contributed by atoms with Crippen molar-refractivity contribution >= 4 is 31.0 Å². The normalized spacial score (nSPS) is 13.2. The van der Waals surface area contributed by atoms with Crippen LogP contribution in [0.15, 0.2) is 30.3 Å². The first kappa shape index (κ1) is 42.6. The maximum Gasteiger partial charge on any atom is 1.00 e. The number of benzene rings is 2. The van der Waals surface area contributed by atoms with Crippen LogP contribution in [0.25, 0.3) is 0 Å². The van der Waals surface area contributed by atoms with E-state index in [4.69, 9.17) is 30.5 Å². The summed E-state index contributed by atoms with van der Waals surface area (Å²) in [4.78, 5) is 13.9. The van der Waals surface area contributed by atoms with E-state index >= 15 is 0 Å². The number of hydrogen-bond acceptors (Lipinski definition) is 5. The molecule has 0 saturated carbocycles. The van der Waals surface area contributed by atoms with Crippen molar-refractivity contribution < 1.29 is 44.0 Å². The molecule has 8 heteroatoms. The average molecular weight is 671 g/mol. The van der Waals surface area contributed by atoms with Gasteiger partial charge in [0.05, 0.1) is 42.8 Å². The molecule has 4 unspecified atom stereocenters.